The van der Waals surface area contributed by atoms with E-state index < -0.39 is 0 Å². The average molecular weight is 204 g/mol. The minimum Gasteiger partial charge on any atom is -0.393 e. The van der Waals surface area contributed by atoms with Crippen molar-refractivity contribution in [2.75, 3.05) is 0 Å². The first-order chi connectivity index (χ1) is 7.22. The molecule has 0 unspecified atom stereocenters. The maximum absolute atomic E-state index is 9.10. The lowest BCUT2D eigenvalue weighted by atomic mass is 10.1. The zero-order valence-electron chi connectivity index (χ0n) is 9.61. The van der Waals surface area contributed by atoms with E-state index in [4.69, 9.17) is 5.11 Å². The van der Waals surface area contributed by atoms with Crippen molar-refractivity contribution in [3.8, 4) is 0 Å². The quantitative estimate of drug-likeness (QED) is 0.779. The third-order valence-electron chi connectivity index (χ3n) is 2.42. The van der Waals surface area contributed by atoms with Crippen molar-refractivity contribution in [1.82, 2.24) is 0 Å². The molecular formula is C14H20O. The van der Waals surface area contributed by atoms with E-state index in [1.165, 1.54) is 11.1 Å². The van der Waals surface area contributed by atoms with Crippen molar-refractivity contribution >= 4 is 6.08 Å². The number of benzene rings is 1. The molecule has 0 aliphatic heterocycles. The number of hydrogen-bond donors (Lipinski definition) is 1. The minimum absolute atomic E-state index is 0.198. The molecule has 0 aromatic heterocycles. The summed E-state index contributed by atoms with van der Waals surface area (Å²) in [6, 6.07) is 8.55. The molecule has 0 saturated heterocycles. The standard InChI is InChI=1S/C14H20O/c1-3-13-9-6-10-14(11-13)8-5-4-7-12(2)15/h5-6,8-12,15H,3-4,7H2,1-2H3/b8-5+/t12-/m0/s1. The monoisotopic (exact) mass is 204 g/mol. The number of rotatable bonds is 5. The second-order valence-corrected chi connectivity index (χ2v) is 3.93. The lowest BCUT2D eigenvalue weighted by molar-refractivity contribution is 0.186. The molecule has 0 spiro atoms. The SMILES string of the molecule is CCc1cccc(/C=C/CC[C@H](C)O)c1. The summed E-state index contributed by atoms with van der Waals surface area (Å²) in [5.41, 5.74) is 2.62. The number of allylic oxidation sites excluding steroid dienone is 1. The smallest absolute Gasteiger partial charge is 0.0515 e. The van der Waals surface area contributed by atoms with Gasteiger partial charge in [-0.2, -0.15) is 0 Å². The first-order valence-corrected chi connectivity index (χ1v) is 5.66. The largest absolute Gasteiger partial charge is 0.393 e. The van der Waals surface area contributed by atoms with Gasteiger partial charge in [-0.05, 0) is 37.3 Å². The van der Waals surface area contributed by atoms with Crippen molar-refractivity contribution in [3.05, 3.63) is 41.5 Å². The molecule has 0 heterocycles. The van der Waals surface area contributed by atoms with Crippen LogP contribution in [0.1, 0.15) is 37.8 Å². The van der Waals surface area contributed by atoms with Gasteiger partial charge in [0.2, 0.25) is 0 Å². The summed E-state index contributed by atoms with van der Waals surface area (Å²) in [5, 5.41) is 9.10. The molecule has 0 bridgehead atoms. The van der Waals surface area contributed by atoms with Gasteiger partial charge in [-0.25, -0.2) is 0 Å². The fraction of sp³-hybridized carbons (Fsp3) is 0.429. The Bertz CT molecular complexity index is 313. The van der Waals surface area contributed by atoms with Gasteiger partial charge in [0.25, 0.3) is 0 Å². The first kappa shape index (κ1) is 12.0. The normalized spacial score (nSPS) is 13.3. The van der Waals surface area contributed by atoms with E-state index >= 15 is 0 Å². The van der Waals surface area contributed by atoms with Crippen LogP contribution in [-0.2, 0) is 6.42 Å². The van der Waals surface area contributed by atoms with Crippen molar-refractivity contribution in [2.24, 2.45) is 0 Å². The van der Waals surface area contributed by atoms with E-state index in [-0.39, 0.29) is 6.10 Å². The van der Waals surface area contributed by atoms with E-state index in [1.807, 2.05) is 6.92 Å². The number of hydrogen-bond acceptors (Lipinski definition) is 1. The van der Waals surface area contributed by atoms with E-state index in [0.29, 0.717) is 0 Å². The van der Waals surface area contributed by atoms with Gasteiger partial charge >= 0.3 is 0 Å². The first-order valence-electron chi connectivity index (χ1n) is 5.66. The van der Waals surface area contributed by atoms with Crippen LogP contribution in [0, 0.1) is 0 Å². The summed E-state index contributed by atoms with van der Waals surface area (Å²) in [6.07, 6.45) is 6.91. The third-order valence-corrected chi connectivity index (χ3v) is 2.42. The van der Waals surface area contributed by atoms with Crippen LogP contribution >= 0.6 is 0 Å². The zero-order valence-corrected chi connectivity index (χ0v) is 9.61. The summed E-state index contributed by atoms with van der Waals surface area (Å²) >= 11 is 0. The van der Waals surface area contributed by atoms with Crippen molar-refractivity contribution in [3.63, 3.8) is 0 Å². The predicted molar refractivity (Wildman–Crippen MR) is 65.8 cm³/mol. The topological polar surface area (TPSA) is 20.2 Å². The molecule has 0 saturated carbocycles. The second kappa shape index (κ2) is 6.41. The second-order valence-electron chi connectivity index (χ2n) is 3.93. The molecule has 82 valence electrons. The molecule has 1 N–H and O–H groups in total. The Balaban J connectivity index is 2.49. The van der Waals surface area contributed by atoms with Crippen molar-refractivity contribution in [1.29, 1.82) is 0 Å². The van der Waals surface area contributed by atoms with Crippen LogP contribution in [0.3, 0.4) is 0 Å². The highest BCUT2D eigenvalue weighted by molar-refractivity contribution is 5.50. The van der Waals surface area contributed by atoms with Crippen LogP contribution in [0.15, 0.2) is 30.3 Å². The lowest BCUT2D eigenvalue weighted by Gasteiger charge is -2.00. The molecule has 0 aliphatic carbocycles. The fourth-order valence-corrected chi connectivity index (χ4v) is 1.47. The van der Waals surface area contributed by atoms with Crippen molar-refractivity contribution < 1.29 is 5.11 Å². The number of aliphatic hydroxyl groups is 1. The average Bonchev–Trinajstić information content (AvgIpc) is 2.24. The Morgan fingerprint density at radius 1 is 1.40 bits per heavy atom. The molecular weight excluding hydrogens is 184 g/mol. The third kappa shape index (κ3) is 4.80. The van der Waals surface area contributed by atoms with E-state index in [2.05, 4.69) is 43.3 Å². The molecule has 15 heavy (non-hydrogen) atoms. The van der Waals surface area contributed by atoms with E-state index in [1.54, 1.807) is 0 Å². The molecule has 1 aromatic carbocycles. The van der Waals surface area contributed by atoms with Crippen LogP contribution in [0.2, 0.25) is 0 Å². The highest BCUT2D eigenvalue weighted by Gasteiger charge is 1.92. The molecule has 0 aliphatic rings. The molecule has 1 aromatic rings. The Labute approximate surface area is 92.5 Å². The Morgan fingerprint density at radius 3 is 2.87 bits per heavy atom. The Kier molecular flexibility index (Phi) is 5.13. The molecule has 1 atom stereocenters. The van der Waals surface area contributed by atoms with Crippen LogP contribution in [0.4, 0.5) is 0 Å². The van der Waals surface area contributed by atoms with Crippen LogP contribution in [0.5, 0.6) is 0 Å². The summed E-state index contributed by atoms with van der Waals surface area (Å²) in [4.78, 5) is 0. The summed E-state index contributed by atoms with van der Waals surface area (Å²) < 4.78 is 0. The van der Waals surface area contributed by atoms with Crippen LogP contribution in [0.25, 0.3) is 6.08 Å². The number of aliphatic hydroxyl groups excluding tert-OH is 1. The summed E-state index contributed by atoms with van der Waals surface area (Å²) in [5.74, 6) is 0. The molecule has 1 rings (SSSR count). The molecule has 0 fully saturated rings. The van der Waals surface area contributed by atoms with Gasteiger partial charge in [0.1, 0.15) is 0 Å². The van der Waals surface area contributed by atoms with Gasteiger partial charge in [-0.1, -0.05) is 43.3 Å². The van der Waals surface area contributed by atoms with E-state index in [0.717, 1.165) is 19.3 Å². The maximum atomic E-state index is 9.10. The van der Waals surface area contributed by atoms with Gasteiger partial charge in [-0.15, -0.1) is 0 Å². The molecule has 0 radical (unpaired) electrons. The van der Waals surface area contributed by atoms with Gasteiger partial charge in [0.15, 0.2) is 0 Å². The predicted octanol–water partition coefficient (Wildman–Crippen LogP) is 3.42. The summed E-state index contributed by atoms with van der Waals surface area (Å²) in [6.45, 7) is 3.99. The Hall–Kier alpha value is -1.08. The lowest BCUT2D eigenvalue weighted by Crippen LogP contribution is -1.96. The molecule has 1 heteroatoms. The maximum Gasteiger partial charge on any atom is 0.0515 e. The number of aryl methyl sites for hydroxylation is 1. The highest BCUT2D eigenvalue weighted by Crippen LogP contribution is 2.08. The van der Waals surface area contributed by atoms with Crippen molar-refractivity contribution in [2.45, 2.75) is 39.2 Å². The Morgan fingerprint density at radius 2 is 2.20 bits per heavy atom. The zero-order chi connectivity index (χ0) is 11.1. The van der Waals surface area contributed by atoms with E-state index in [9.17, 15) is 0 Å². The van der Waals surface area contributed by atoms with Gasteiger partial charge in [0.05, 0.1) is 6.10 Å². The summed E-state index contributed by atoms with van der Waals surface area (Å²) in [7, 11) is 0. The van der Waals surface area contributed by atoms with Crippen LogP contribution < -0.4 is 0 Å². The fourth-order valence-electron chi connectivity index (χ4n) is 1.47. The minimum atomic E-state index is -0.198. The highest BCUT2D eigenvalue weighted by atomic mass is 16.3. The van der Waals surface area contributed by atoms with Crippen LogP contribution in [-0.4, -0.2) is 11.2 Å². The molecule has 1 nitrogen and oxygen atoms in total. The van der Waals surface area contributed by atoms with Gasteiger partial charge < -0.3 is 5.11 Å². The molecule has 0 amide bonds. The van der Waals surface area contributed by atoms with Gasteiger partial charge in [0, 0.05) is 0 Å². The van der Waals surface area contributed by atoms with Gasteiger partial charge in [-0.3, -0.25) is 0 Å².